The van der Waals surface area contributed by atoms with Gasteiger partial charge < -0.3 is 15.8 Å². The minimum atomic E-state index is -0.181. The van der Waals surface area contributed by atoms with Crippen molar-refractivity contribution in [1.82, 2.24) is 14.3 Å². The van der Waals surface area contributed by atoms with Crippen molar-refractivity contribution in [3.8, 4) is 0 Å². The molecule has 0 bridgehead atoms. The minimum absolute atomic E-state index is 0.0139. The molecule has 0 saturated carbocycles. The number of methoxy groups -OCH3 is 1. The van der Waals surface area contributed by atoms with E-state index in [-0.39, 0.29) is 11.8 Å². The first-order chi connectivity index (χ1) is 16.5. The summed E-state index contributed by atoms with van der Waals surface area (Å²) in [7, 11) is 1.57. The topological polar surface area (TPSA) is 93.4 Å². The molecule has 3 rings (SSSR count). The van der Waals surface area contributed by atoms with E-state index in [1.807, 2.05) is 38.1 Å². The second-order valence-electron chi connectivity index (χ2n) is 7.44. The first-order valence-electron chi connectivity index (χ1n) is 11.4. The van der Waals surface area contributed by atoms with Gasteiger partial charge in [0.2, 0.25) is 5.91 Å². The van der Waals surface area contributed by atoms with Crippen LogP contribution in [-0.4, -0.2) is 40.4 Å². The number of allylic oxidation sites excluding steroid dienone is 3. The van der Waals surface area contributed by atoms with Gasteiger partial charge in [0, 0.05) is 42.1 Å². The van der Waals surface area contributed by atoms with Crippen molar-refractivity contribution < 1.29 is 9.53 Å². The van der Waals surface area contributed by atoms with E-state index >= 15 is 0 Å². The summed E-state index contributed by atoms with van der Waals surface area (Å²) in [6.45, 7) is 13.4. The fourth-order valence-corrected chi connectivity index (χ4v) is 4.42. The summed E-state index contributed by atoms with van der Waals surface area (Å²) >= 11 is 1.78. The SMILES string of the molecule is C=C/C=C(\C(=C)OC)c1cc(Nc2cccc(CSN3CCC(C(N)=O)CC3)c2)ncn1.CC. The number of nitrogens with one attached hydrogen (secondary N) is 1. The first-order valence-corrected chi connectivity index (χ1v) is 12.4. The molecule has 2 aromatic rings. The number of nitrogens with two attached hydrogens (primary N) is 1. The van der Waals surface area contributed by atoms with Crippen LogP contribution in [-0.2, 0) is 15.3 Å². The number of anilines is 2. The Kier molecular flexibility index (Phi) is 11.4. The number of primary amides is 1. The van der Waals surface area contributed by atoms with Gasteiger partial charge in [0.15, 0.2) is 0 Å². The first kappa shape index (κ1) is 27.1. The molecule has 7 nitrogen and oxygen atoms in total. The molecule has 0 aliphatic carbocycles. The van der Waals surface area contributed by atoms with Crippen LogP contribution in [0.15, 0.2) is 67.7 Å². The van der Waals surface area contributed by atoms with E-state index in [1.165, 1.54) is 11.9 Å². The fourth-order valence-electron chi connectivity index (χ4n) is 3.44. The van der Waals surface area contributed by atoms with Crippen molar-refractivity contribution in [1.29, 1.82) is 0 Å². The molecular weight excluding hydrogens is 446 g/mol. The van der Waals surface area contributed by atoms with Crippen molar-refractivity contribution in [2.24, 2.45) is 11.7 Å². The number of aromatic nitrogens is 2. The van der Waals surface area contributed by atoms with Gasteiger partial charge in [-0.2, -0.15) is 0 Å². The smallest absolute Gasteiger partial charge is 0.220 e. The van der Waals surface area contributed by atoms with Gasteiger partial charge in [-0.05, 0) is 36.6 Å². The van der Waals surface area contributed by atoms with E-state index in [9.17, 15) is 4.79 Å². The van der Waals surface area contributed by atoms with E-state index in [0.29, 0.717) is 17.3 Å². The van der Waals surface area contributed by atoms with E-state index < -0.39 is 0 Å². The Morgan fingerprint density at radius 2 is 2.03 bits per heavy atom. The number of hydrogen-bond donors (Lipinski definition) is 2. The van der Waals surface area contributed by atoms with Crippen LogP contribution >= 0.6 is 11.9 Å². The van der Waals surface area contributed by atoms with Crippen molar-refractivity contribution in [3.63, 3.8) is 0 Å². The zero-order valence-corrected chi connectivity index (χ0v) is 21.1. The van der Waals surface area contributed by atoms with Crippen LogP contribution in [0.5, 0.6) is 0 Å². The Morgan fingerprint density at radius 1 is 1.29 bits per heavy atom. The summed E-state index contributed by atoms with van der Waals surface area (Å²) in [4.78, 5) is 20.0. The number of ether oxygens (including phenoxy) is 1. The lowest BCUT2D eigenvalue weighted by molar-refractivity contribution is -0.122. The Morgan fingerprint density at radius 3 is 2.68 bits per heavy atom. The fraction of sp³-hybridized carbons (Fsp3) is 0.346. The summed E-state index contributed by atoms with van der Waals surface area (Å²) in [5.74, 6) is 1.87. The number of carbonyl (C=O) groups is 1. The standard InChI is InChI=1S/C24H29N5O2S.C2H6/c1-4-6-21(17(2)31-3)22-14-23(27-16-26-22)28-20-8-5-7-18(13-20)15-32-29-11-9-19(10-12-29)24(25)30;1-2/h4-8,13-14,16,19H,1-2,9-12,15H2,3H3,(H2,25,30)(H,26,27,28);1-2H3/b21-6+;. The molecule has 1 fully saturated rings. The number of benzene rings is 1. The van der Waals surface area contributed by atoms with Crippen molar-refractivity contribution >= 4 is 34.9 Å². The summed E-state index contributed by atoms with van der Waals surface area (Å²) < 4.78 is 7.58. The second-order valence-corrected chi connectivity index (χ2v) is 8.50. The third-order valence-corrected chi connectivity index (χ3v) is 6.44. The second kappa shape index (κ2) is 14.2. The van der Waals surface area contributed by atoms with Gasteiger partial charge in [0.25, 0.3) is 0 Å². The lowest BCUT2D eigenvalue weighted by Gasteiger charge is -2.29. The zero-order chi connectivity index (χ0) is 24.9. The average Bonchev–Trinajstić information content (AvgIpc) is 2.87. The molecule has 0 radical (unpaired) electrons. The summed E-state index contributed by atoms with van der Waals surface area (Å²) in [5, 5.41) is 3.35. The monoisotopic (exact) mass is 481 g/mol. The molecule has 34 heavy (non-hydrogen) atoms. The molecule has 1 saturated heterocycles. The predicted molar refractivity (Wildman–Crippen MR) is 142 cm³/mol. The average molecular weight is 482 g/mol. The van der Waals surface area contributed by atoms with Crippen LogP contribution < -0.4 is 11.1 Å². The Balaban J connectivity index is 0.00000199. The number of nitrogens with zero attached hydrogens (tertiary/aromatic N) is 3. The van der Waals surface area contributed by atoms with E-state index in [0.717, 1.165) is 42.9 Å². The third-order valence-electron chi connectivity index (χ3n) is 5.24. The summed E-state index contributed by atoms with van der Waals surface area (Å²) in [6, 6.07) is 10.1. The van der Waals surface area contributed by atoms with Gasteiger partial charge in [-0.15, -0.1) is 0 Å². The van der Waals surface area contributed by atoms with Gasteiger partial charge in [-0.3, -0.25) is 9.10 Å². The normalized spacial score (nSPS) is 14.5. The highest BCUT2D eigenvalue weighted by Gasteiger charge is 2.23. The quantitative estimate of drug-likeness (QED) is 0.269. The van der Waals surface area contributed by atoms with E-state index in [4.69, 9.17) is 10.5 Å². The van der Waals surface area contributed by atoms with Crippen molar-refractivity contribution in [2.45, 2.75) is 32.4 Å². The van der Waals surface area contributed by atoms with Crippen LogP contribution in [0.2, 0.25) is 0 Å². The van der Waals surface area contributed by atoms with Gasteiger partial charge in [0.05, 0.1) is 12.8 Å². The third kappa shape index (κ3) is 8.04. The van der Waals surface area contributed by atoms with Crippen LogP contribution in [0.1, 0.15) is 37.9 Å². The lowest BCUT2D eigenvalue weighted by atomic mass is 9.98. The Labute approximate surface area is 207 Å². The molecule has 182 valence electrons. The van der Waals surface area contributed by atoms with Crippen LogP contribution in [0.25, 0.3) is 5.57 Å². The molecule has 2 heterocycles. The maximum Gasteiger partial charge on any atom is 0.220 e. The van der Waals surface area contributed by atoms with Gasteiger partial charge in [-0.1, -0.05) is 57.2 Å². The maximum absolute atomic E-state index is 11.3. The molecular formula is C26H35N5O2S. The minimum Gasteiger partial charge on any atom is -0.497 e. The zero-order valence-electron chi connectivity index (χ0n) is 20.3. The number of hydrogen-bond acceptors (Lipinski definition) is 7. The van der Waals surface area contributed by atoms with Crippen LogP contribution in [0.3, 0.4) is 0 Å². The number of amides is 1. The molecule has 1 aliphatic rings. The molecule has 1 amide bonds. The molecule has 1 aliphatic heterocycles. The van der Waals surface area contributed by atoms with Gasteiger partial charge in [-0.25, -0.2) is 9.97 Å². The molecule has 8 heteroatoms. The predicted octanol–water partition coefficient (Wildman–Crippen LogP) is 5.32. The highest BCUT2D eigenvalue weighted by Crippen LogP contribution is 2.27. The Bertz CT molecular complexity index is 1000. The number of carbonyl (C=O) groups excluding carboxylic acids is 1. The summed E-state index contributed by atoms with van der Waals surface area (Å²) in [6.07, 6.45) is 6.65. The van der Waals surface area contributed by atoms with Crippen molar-refractivity contribution in [2.75, 3.05) is 25.5 Å². The summed E-state index contributed by atoms with van der Waals surface area (Å²) in [5.41, 5.74) is 9.01. The molecule has 0 atom stereocenters. The van der Waals surface area contributed by atoms with Crippen molar-refractivity contribution in [3.05, 3.63) is 79.0 Å². The molecule has 1 aromatic heterocycles. The highest BCUT2D eigenvalue weighted by atomic mass is 32.2. The molecule has 1 aromatic carbocycles. The van der Waals surface area contributed by atoms with Crippen LogP contribution in [0, 0.1) is 5.92 Å². The molecule has 0 spiro atoms. The molecule has 0 unspecified atom stereocenters. The van der Waals surface area contributed by atoms with Gasteiger partial charge in [0.1, 0.15) is 17.9 Å². The van der Waals surface area contributed by atoms with E-state index in [2.05, 4.69) is 44.9 Å². The van der Waals surface area contributed by atoms with Gasteiger partial charge >= 0.3 is 0 Å². The lowest BCUT2D eigenvalue weighted by Crippen LogP contribution is -2.35. The highest BCUT2D eigenvalue weighted by molar-refractivity contribution is 7.96. The largest absolute Gasteiger partial charge is 0.497 e. The maximum atomic E-state index is 11.3. The molecule has 3 N–H and O–H groups in total. The number of piperidine rings is 1. The van der Waals surface area contributed by atoms with Crippen LogP contribution in [0.4, 0.5) is 11.5 Å². The number of rotatable bonds is 10. The van der Waals surface area contributed by atoms with E-state index in [1.54, 1.807) is 25.1 Å². The Hall–Kier alpha value is -3.10.